The van der Waals surface area contributed by atoms with E-state index in [1.165, 1.54) is 33.7 Å². The van der Waals surface area contributed by atoms with Crippen LogP contribution in [0.5, 0.6) is 0 Å². The molecule has 0 unspecified atom stereocenters. The van der Waals surface area contributed by atoms with Crippen molar-refractivity contribution in [3.8, 4) is 11.1 Å². The summed E-state index contributed by atoms with van der Waals surface area (Å²) >= 11 is 0. The van der Waals surface area contributed by atoms with Crippen molar-refractivity contribution in [1.29, 1.82) is 0 Å². The van der Waals surface area contributed by atoms with Gasteiger partial charge in [-0.3, -0.25) is 0 Å². The maximum atomic E-state index is 13.0. The van der Waals surface area contributed by atoms with Crippen LogP contribution in [-0.4, -0.2) is 102 Å². The van der Waals surface area contributed by atoms with Gasteiger partial charge in [0.1, 0.15) is 26.3 Å². The Kier molecular flexibility index (Phi) is 13.4. The highest BCUT2D eigenvalue weighted by Crippen LogP contribution is 2.20. The van der Waals surface area contributed by atoms with Gasteiger partial charge in [0, 0.05) is 48.6 Å². The predicted molar refractivity (Wildman–Crippen MR) is 144 cm³/mol. The maximum Gasteiger partial charge on any atom is 0.403 e. The van der Waals surface area contributed by atoms with Gasteiger partial charge in [0.25, 0.3) is 11.4 Å². The Morgan fingerprint density at radius 1 is 0.605 bits per heavy atom. The first-order chi connectivity index (χ1) is 20.4. The number of hydrogen-bond donors (Lipinski definition) is 0. The van der Waals surface area contributed by atoms with Crippen molar-refractivity contribution < 1.29 is 68.3 Å². The van der Waals surface area contributed by atoms with Crippen molar-refractivity contribution in [3.05, 3.63) is 48.0 Å². The van der Waals surface area contributed by atoms with Gasteiger partial charge in [0.2, 0.25) is 0 Å². The number of carbonyl (C=O) groups is 2. The summed E-state index contributed by atoms with van der Waals surface area (Å²) in [6.45, 7) is 1.22. The first-order valence-electron chi connectivity index (χ1n) is 13.4. The van der Waals surface area contributed by atoms with Crippen LogP contribution < -0.4 is 9.13 Å². The molecular formula is C26H34N2O13S2. The molecule has 0 aliphatic carbocycles. The van der Waals surface area contributed by atoms with Crippen LogP contribution in [0.3, 0.4) is 0 Å². The molecule has 0 amide bonds. The van der Waals surface area contributed by atoms with E-state index >= 15 is 0 Å². The molecule has 17 heteroatoms. The van der Waals surface area contributed by atoms with Crippen LogP contribution in [0.4, 0.5) is 0 Å². The van der Waals surface area contributed by atoms with Crippen molar-refractivity contribution in [2.45, 2.75) is 25.9 Å². The normalized spacial score (nSPS) is 16.5. The smallest absolute Gasteiger partial charge is 0.403 e. The SMILES string of the molecule is O=C1OCCOCCOCCOCCOC(=O)c2cc(cc[n+]2CCCS(=O)(=O)[O-])-c2cc[n+](CCCS(=O)(=O)[O-])c1c2. The molecule has 0 fully saturated rings. The molecule has 2 aromatic heterocycles. The summed E-state index contributed by atoms with van der Waals surface area (Å²) in [7, 11) is -8.90. The fourth-order valence-electron chi connectivity index (χ4n) is 4.06. The van der Waals surface area contributed by atoms with E-state index in [4.69, 9.17) is 23.7 Å². The predicted octanol–water partition coefficient (Wildman–Crippen LogP) is -0.824. The summed E-state index contributed by atoms with van der Waals surface area (Å²) < 4.78 is 96.3. The molecule has 4 bridgehead atoms. The summed E-state index contributed by atoms with van der Waals surface area (Å²) in [6.07, 6.45) is 2.98. The molecule has 1 aliphatic heterocycles. The molecule has 3 heterocycles. The highest BCUT2D eigenvalue weighted by molar-refractivity contribution is 7.85. The van der Waals surface area contributed by atoms with Crippen molar-refractivity contribution in [3.63, 3.8) is 0 Å². The van der Waals surface area contributed by atoms with Gasteiger partial charge < -0.3 is 32.8 Å². The lowest BCUT2D eigenvalue weighted by atomic mass is 10.1. The molecule has 238 valence electrons. The van der Waals surface area contributed by atoms with Gasteiger partial charge in [-0.25, -0.2) is 26.4 Å². The van der Waals surface area contributed by atoms with Gasteiger partial charge in [-0.2, -0.15) is 9.13 Å². The topological polar surface area (TPSA) is 202 Å². The fourth-order valence-corrected chi connectivity index (χ4v) is 5.02. The van der Waals surface area contributed by atoms with E-state index in [1.807, 2.05) is 0 Å². The van der Waals surface area contributed by atoms with Crippen LogP contribution in [0.2, 0.25) is 0 Å². The number of carbonyl (C=O) groups excluding carboxylic acids is 2. The summed E-state index contributed by atoms with van der Waals surface area (Å²) in [5, 5.41) is 0. The Morgan fingerprint density at radius 2 is 0.953 bits per heavy atom. The lowest BCUT2D eigenvalue weighted by molar-refractivity contribution is -0.699. The van der Waals surface area contributed by atoms with Gasteiger partial charge in [-0.1, -0.05) is 0 Å². The molecular weight excluding hydrogens is 612 g/mol. The number of hydrogen-bond acceptors (Lipinski definition) is 13. The number of cyclic esters (lactones) is 2. The summed E-state index contributed by atoms with van der Waals surface area (Å²) in [5.74, 6) is -2.68. The van der Waals surface area contributed by atoms with E-state index in [0.717, 1.165) is 0 Å². The zero-order chi connectivity index (χ0) is 31.3. The highest BCUT2D eigenvalue weighted by atomic mass is 32.2. The maximum absolute atomic E-state index is 13.0. The van der Waals surface area contributed by atoms with Crippen LogP contribution in [0.25, 0.3) is 11.1 Å². The van der Waals surface area contributed by atoms with E-state index < -0.39 is 43.7 Å². The first kappa shape index (κ1) is 34.4. The van der Waals surface area contributed by atoms with Gasteiger partial charge in [-0.15, -0.1) is 0 Å². The number of nitrogens with zero attached hydrogens (tertiary/aromatic N) is 2. The van der Waals surface area contributed by atoms with Crippen LogP contribution >= 0.6 is 0 Å². The van der Waals surface area contributed by atoms with E-state index in [1.54, 1.807) is 12.1 Å². The lowest BCUT2D eigenvalue weighted by Crippen LogP contribution is -2.42. The second-order valence-electron chi connectivity index (χ2n) is 9.33. The number of fused-ring (bicyclic) bond motifs is 5. The van der Waals surface area contributed by atoms with Crippen LogP contribution in [0.1, 0.15) is 33.8 Å². The van der Waals surface area contributed by atoms with E-state index in [9.17, 15) is 35.5 Å². The molecule has 2 aromatic rings. The molecule has 0 atom stereocenters. The van der Waals surface area contributed by atoms with Gasteiger partial charge in [0.15, 0.2) is 12.4 Å². The van der Waals surface area contributed by atoms with E-state index in [-0.39, 0.29) is 90.2 Å². The third kappa shape index (κ3) is 12.6. The molecule has 0 aromatic carbocycles. The minimum atomic E-state index is -4.45. The molecule has 15 nitrogen and oxygen atoms in total. The number of aromatic nitrogens is 2. The third-order valence-electron chi connectivity index (χ3n) is 6.08. The van der Waals surface area contributed by atoms with Gasteiger partial charge in [-0.05, 0) is 11.1 Å². The Morgan fingerprint density at radius 3 is 1.30 bits per heavy atom. The minimum Gasteiger partial charge on any atom is -0.748 e. The molecule has 0 saturated carbocycles. The average Bonchev–Trinajstić information content (AvgIpc) is 2.93. The number of aryl methyl sites for hydroxylation is 2. The molecule has 3 rings (SSSR count). The van der Waals surface area contributed by atoms with E-state index in [2.05, 4.69) is 0 Å². The standard InChI is InChI=1S/C26H34N2O13S2/c29-25-23-19-21(3-7-27(23)5-1-17-42(31,32)33)22-4-8-28(6-2-18-43(34,35)36)24(20-22)26(30)41-16-14-39-12-10-37-9-11-38-13-15-40-25/h3-4,7-8,19-20H,1-2,5-6,9-18H2. The Hall–Kier alpha value is -3.06. The highest BCUT2D eigenvalue weighted by Gasteiger charge is 2.26. The Labute approximate surface area is 249 Å². The quantitative estimate of drug-likeness (QED) is 0.196. The molecule has 0 saturated heterocycles. The first-order valence-corrected chi connectivity index (χ1v) is 16.6. The minimum absolute atomic E-state index is 0.0383. The van der Waals surface area contributed by atoms with Crippen LogP contribution in [0.15, 0.2) is 36.7 Å². The van der Waals surface area contributed by atoms with Crippen LogP contribution in [-0.2, 0) is 57.0 Å². The monoisotopic (exact) mass is 646 g/mol. The second kappa shape index (κ2) is 16.7. The molecule has 0 N–H and O–H groups in total. The lowest BCUT2D eigenvalue weighted by Gasteiger charge is -2.10. The summed E-state index contributed by atoms with van der Waals surface area (Å²) in [4.78, 5) is 26.1. The number of ether oxygens (including phenoxy) is 5. The van der Waals surface area contributed by atoms with Crippen molar-refractivity contribution in [1.82, 2.24) is 0 Å². The van der Waals surface area contributed by atoms with Gasteiger partial charge >= 0.3 is 11.9 Å². The van der Waals surface area contributed by atoms with Crippen molar-refractivity contribution >= 4 is 32.2 Å². The average molecular weight is 647 g/mol. The third-order valence-corrected chi connectivity index (χ3v) is 7.65. The molecule has 1 aliphatic rings. The van der Waals surface area contributed by atoms with Crippen LogP contribution in [0, 0.1) is 0 Å². The number of esters is 2. The zero-order valence-corrected chi connectivity index (χ0v) is 25.0. The van der Waals surface area contributed by atoms with Gasteiger partial charge in [0.05, 0.1) is 59.9 Å². The zero-order valence-electron chi connectivity index (χ0n) is 23.4. The number of pyridine rings is 2. The summed E-state index contributed by atoms with van der Waals surface area (Å²) in [6, 6.07) is 6.26. The van der Waals surface area contributed by atoms with E-state index in [0.29, 0.717) is 11.1 Å². The number of rotatable bonds is 8. The largest absolute Gasteiger partial charge is 0.748 e. The van der Waals surface area contributed by atoms with Crippen molar-refractivity contribution in [2.24, 2.45) is 0 Å². The molecule has 0 radical (unpaired) electrons. The molecule has 43 heavy (non-hydrogen) atoms. The molecule has 0 spiro atoms. The Bertz CT molecular complexity index is 1350. The second-order valence-corrected chi connectivity index (χ2v) is 12.4. The van der Waals surface area contributed by atoms with Crippen molar-refractivity contribution in [2.75, 3.05) is 64.4 Å². The fraction of sp³-hybridized carbons (Fsp3) is 0.538. The Balaban J connectivity index is 1.95. The summed E-state index contributed by atoms with van der Waals surface area (Å²) in [5.41, 5.74) is 1.11.